The summed E-state index contributed by atoms with van der Waals surface area (Å²) < 4.78 is 0. The van der Waals surface area contributed by atoms with E-state index in [1.165, 1.54) is 0 Å². The van der Waals surface area contributed by atoms with Gasteiger partial charge >= 0.3 is 0 Å². The fraction of sp³-hybridized carbons (Fsp3) is 0.176. The van der Waals surface area contributed by atoms with Crippen molar-refractivity contribution in [2.75, 3.05) is 13.6 Å². The van der Waals surface area contributed by atoms with Crippen LogP contribution < -0.4 is 10.9 Å². The molecule has 126 valence electrons. The van der Waals surface area contributed by atoms with Crippen molar-refractivity contribution < 1.29 is 9.59 Å². The molecule has 0 bridgehead atoms. The van der Waals surface area contributed by atoms with Gasteiger partial charge in [-0.1, -0.05) is 47.5 Å². The van der Waals surface area contributed by atoms with Gasteiger partial charge in [-0.05, 0) is 36.9 Å². The monoisotopic (exact) mass is 365 g/mol. The van der Waals surface area contributed by atoms with E-state index >= 15 is 0 Å². The van der Waals surface area contributed by atoms with E-state index in [2.05, 4.69) is 10.9 Å². The van der Waals surface area contributed by atoms with E-state index in [4.69, 9.17) is 23.2 Å². The first-order valence-electron chi connectivity index (χ1n) is 7.22. The van der Waals surface area contributed by atoms with E-state index < -0.39 is 0 Å². The predicted molar refractivity (Wildman–Crippen MR) is 94.8 cm³/mol. The van der Waals surface area contributed by atoms with E-state index in [1.807, 2.05) is 12.1 Å². The minimum Gasteiger partial charge on any atom is -0.293 e. The summed E-state index contributed by atoms with van der Waals surface area (Å²) in [4.78, 5) is 25.5. The lowest BCUT2D eigenvalue weighted by Gasteiger charge is -2.17. The normalized spacial score (nSPS) is 10.5. The van der Waals surface area contributed by atoms with Crippen LogP contribution in [-0.2, 0) is 11.3 Å². The molecule has 2 aromatic rings. The van der Waals surface area contributed by atoms with Crippen molar-refractivity contribution in [3.63, 3.8) is 0 Å². The molecule has 0 saturated carbocycles. The van der Waals surface area contributed by atoms with Crippen LogP contribution in [0.3, 0.4) is 0 Å². The second-order valence-electron chi connectivity index (χ2n) is 5.29. The average molecular weight is 366 g/mol. The SMILES string of the molecule is CN(CC(=O)NNC(=O)c1ccccc1)Cc1ccc(Cl)c(Cl)c1. The van der Waals surface area contributed by atoms with Crippen molar-refractivity contribution in [1.82, 2.24) is 15.8 Å². The number of hydrazine groups is 1. The van der Waals surface area contributed by atoms with Gasteiger partial charge in [0.15, 0.2) is 0 Å². The molecule has 7 heteroatoms. The number of carbonyl (C=O) groups excluding carboxylic acids is 2. The highest BCUT2D eigenvalue weighted by Crippen LogP contribution is 2.22. The number of rotatable bonds is 5. The van der Waals surface area contributed by atoms with Crippen molar-refractivity contribution in [2.45, 2.75) is 6.54 Å². The Bertz CT molecular complexity index is 723. The summed E-state index contributed by atoms with van der Waals surface area (Å²) in [6.07, 6.45) is 0. The zero-order valence-electron chi connectivity index (χ0n) is 13.1. The highest BCUT2D eigenvalue weighted by atomic mass is 35.5. The average Bonchev–Trinajstić information content (AvgIpc) is 2.56. The van der Waals surface area contributed by atoms with Crippen LogP contribution in [0.15, 0.2) is 48.5 Å². The Hall–Kier alpha value is -2.08. The number of benzene rings is 2. The fourth-order valence-corrected chi connectivity index (χ4v) is 2.40. The molecular formula is C17H17Cl2N3O2. The topological polar surface area (TPSA) is 61.4 Å². The lowest BCUT2D eigenvalue weighted by atomic mass is 10.2. The van der Waals surface area contributed by atoms with Crippen LogP contribution in [-0.4, -0.2) is 30.3 Å². The molecule has 2 aromatic carbocycles. The summed E-state index contributed by atoms with van der Waals surface area (Å²) in [5.74, 6) is -0.682. The molecule has 2 rings (SSSR count). The van der Waals surface area contributed by atoms with E-state index in [9.17, 15) is 9.59 Å². The van der Waals surface area contributed by atoms with Crippen molar-refractivity contribution in [2.24, 2.45) is 0 Å². The first kappa shape index (κ1) is 18.3. The van der Waals surface area contributed by atoms with Crippen LogP contribution in [0.4, 0.5) is 0 Å². The smallest absolute Gasteiger partial charge is 0.269 e. The van der Waals surface area contributed by atoms with Crippen molar-refractivity contribution in [1.29, 1.82) is 0 Å². The van der Waals surface area contributed by atoms with Crippen LogP contribution >= 0.6 is 23.2 Å². The maximum atomic E-state index is 11.9. The van der Waals surface area contributed by atoms with Crippen LogP contribution in [0.1, 0.15) is 15.9 Å². The van der Waals surface area contributed by atoms with Crippen LogP contribution in [0.5, 0.6) is 0 Å². The van der Waals surface area contributed by atoms with Gasteiger partial charge in [-0.3, -0.25) is 25.3 Å². The Labute approximate surface area is 150 Å². The number of amides is 2. The molecule has 5 nitrogen and oxygen atoms in total. The molecule has 24 heavy (non-hydrogen) atoms. The summed E-state index contributed by atoms with van der Waals surface area (Å²) in [5, 5.41) is 0.964. The molecule has 0 aliphatic rings. The number of nitrogens with one attached hydrogen (secondary N) is 2. The molecular weight excluding hydrogens is 349 g/mol. The highest BCUT2D eigenvalue weighted by Gasteiger charge is 2.10. The zero-order chi connectivity index (χ0) is 17.5. The third-order valence-electron chi connectivity index (χ3n) is 3.20. The number of hydrogen-bond acceptors (Lipinski definition) is 3. The molecule has 0 heterocycles. The molecule has 0 fully saturated rings. The number of halogens is 2. The number of carbonyl (C=O) groups is 2. The first-order valence-corrected chi connectivity index (χ1v) is 7.98. The quantitative estimate of drug-likeness (QED) is 0.800. The Balaban J connectivity index is 1.79. The Morgan fingerprint density at radius 2 is 1.71 bits per heavy atom. The summed E-state index contributed by atoms with van der Waals surface area (Å²) in [7, 11) is 1.79. The van der Waals surface area contributed by atoms with Gasteiger partial charge in [0.25, 0.3) is 11.8 Å². The van der Waals surface area contributed by atoms with Gasteiger partial charge in [-0.15, -0.1) is 0 Å². The molecule has 0 spiro atoms. The fourth-order valence-electron chi connectivity index (χ4n) is 2.08. The zero-order valence-corrected chi connectivity index (χ0v) is 14.6. The van der Waals surface area contributed by atoms with E-state index in [1.54, 1.807) is 48.3 Å². The summed E-state index contributed by atoms with van der Waals surface area (Å²) >= 11 is 11.8. The largest absolute Gasteiger partial charge is 0.293 e. The van der Waals surface area contributed by atoms with Gasteiger partial charge in [0.2, 0.25) is 0 Å². The van der Waals surface area contributed by atoms with Gasteiger partial charge in [0.1, 0.15) is 0 Å². The van der Waals surface area contributed by atoms with Crippen molar-refractivity contribution in [3.8, 4) is 0 Å². The Morgan fingerprint density at radius 3 is 2.38 bits per heavy atom. The minimum absolute atomic E-state index is 0.120. The molecule has 0 atom stereocenters. The first-order chi connectivity index (χ1) is 11.5. The number of likely N-dealkylation sites (N-methyl/N-ethyl adjacent to an activating group) is 1. The summed E-state index contributed by atoms with van der Waals surface area (Å²) in [5.41, 5.74) is 6.18. The third-order valence-corrected chi connectivity index (χ3v) is 3.94. The molecule has 0 unspecified atom stereocenters. The van der Waals surface area contributed by atoms with E-state index in [0.717, 1.165) is 5.56 Å². The Morgan fingerprint density at radius 1 is 1.00 bits per heavy atom. The van der Waals surface area contributed by atoms with E-state index in [0.29, 0.717) is 22.2 Å². The summed E-state index contributed by atoms with van der Waals surface area (Å²) in [6.45, 7) is 0.645. The molecule has 0 aromatic heterocycles. The predicted octanol–water partition coefficient (Wildman–Crippen LogP) is 2.89. The van der Waals surface area contributed by atoms with E-state index in [-0.39, 0.29) is 18.4 Å². The molecule has 2 N–H and O–H groups in total. The highest BCUT2D eigenvalue weighted by molar-refractivity contribution is 6.42. The molecule has 0 aliphatic heterocycles. The van der Waals surface area contributed by atoms with Gasteiger partial charge in [-0.25, -0.2) is 0 Å². The van der Waals surface area contributed by atoms with Crippen LogP contribution in [0, 0.1) is 0 Å². The second kappa shape index (κ2) is 8.68. The molecule has 0 saturated heterocycles. The second-order valence-corrected chi connectivity index (χ2v) is 6.10. The summed E-state index contributed by atoms with van der Waals surface area (Å²) in [6, 6.07) is 14.0. The molecule has 0 radical (unpaired) electrons. The van der Waals surface area contributed by atoms with Crippen LogP contribution in [0.25, 0.3) is 0 Å². The number of hydrogen-bond donors (Lipinski definition) is 2. The maximum Gasteiger partial charge on any atom is 0.269 e. The Kier molecular flexibility index (Phi) is 6.61. The van der Waals surface area contributed by atoms with Gasteiger partial charge in [0, 0.05) is 12.1 Å². The van der Waals surface area contributed by atoms with Gasteiger partial charge < -0.3 is 0 Å². The molecule has 0 aliphatic carbocycles. The lowest BCUT2D eigenvalue weighted by Crippen LogP contribution is -2.45. The standard InChI is InChI=1S/C17H17Cl2N3O2/c1-22(10-12-7-8-14(18)15(19)9-12)11-16(23)20-21-17(24)13-5-3-2-4-6-13/h2-9H,10-11H2,1H3,(H,20,23)(H,21,24). The maximum absolute atomic E-state index is 11.9. The van der Waals surface area contributed by atoms with Crippen molar-refractivity contribution >= 4 is 35.0 Å². The third kappa shape index (κ3) is 5.53. The number of nitrogens with zero attached hydrogens (tertiary/aromatic N) is 1. The minimum atomic E-state index is -0.365. The van der Waals surface area contributed by atoms with Gasteiger partial charge in [-0.2, -0.15) is 0 Å². The lowest BCUT2D eigenvalue weighted by molar-refractivity contribution is -0.122. The van der Waals surface area contributed by atoms with Crippen LogP contribution in [0.2, 0.25) is 10.0 Å². The molecule has 2 amide bonds. The van der Waals surface area contributed by atoms with Gasteiger partial charge in [0.05, 0.1) is 16.6 Å². The van der Waals surface area contributed by atoms with Crippen molar-refractivity contribution in [3.05, 3.63) is 69.7 Å².